The third-order valence-electron chi connectivity index (χ3n) is 1.61. The van der Waals surface area contributed by atoms with E-state index < -0.39 is 0 Å². The highest BCUT2D eigenvalue weighted by atomic mass is 16.5. The Morgan fingerprint density at radius 1 is 1.00 bits per heavy atom. The van der Waals surface area contributed by atoms with E-state index in [9.17, 15) is 0 Å². The molecule has 0 rings (SSSR count). The molecule has 2 unspecified atom stereocenters. The largest absolute Gasteiger partial charge is 0.376 e. The maximum Gasteiger partial charge on any atom is 0.0548 e. The number of terminal acetylenes is 1. The molecule has 0 N–H and O–H groups in total. The van der Waals surface area contributed by atoms with Gasteiger partial charge >= 0.3 is 0 Å². The summed E-state index contributed by atoms with van der Waals surface area (Å²) in [7, 11) is 0. The van der Waals surface area contributed by atoms with Crippen LogP contribution in [0, 0.1) is 12.8 Å². The first-order chi connectivity index (χ1) is 5.20. The lowest BCUT2D eigenvalue weighted by molar-refractivity contribution is 0.00511. The van der Waals surface area contributed by atoms with E-state index in [0.717, 1.165) is 12.8 Å². The summed E-state index contributed by atoms with van der Waals surface area (Å²) in [6, 6.07) is 0. The zero-order valence-corrected chi connectivity index (χ0v) is 8.13. The van der Waals surface area contributed by atoms with Gasteiger partial charge in [0, 0.05) is 0 Å². The molecule has 0 saturated carbocycles. The molecule has 0 amide bonds. The summed E-state index contributed by atoms with van der Waals surface area (Å²) in [4.78, 5) is 0. The van der Waals surface area contributed by atoms with Gasteiger partial charge in [0.15, 0.2) is 0 Å². The molecule has 1 nitrogen and oxygen atoms in total. The zero-order valence-electron chi connectivity index (χ0n) is 8.13. The minimum absolute atomic E-state index is 0.431. The predicted octanol–water partition coefficient (Wildman–Crippen LogP) is 2.85. The van der Waals surface area contributed by atoms with Crippen molar-refractivity contribution in [3.63, 3.8) is 0 Å². The summed E-state index contributed by atoms with van der Waals surface area (Å²) < 4.78 is 5.55. The maximum absolute atomic E-state index is 5.55. The van der Waals surface area contributed by atoms with Crippen molar-refractivity contribution < 1.29 is 4.74 Å². The van der Waals surface area contributed by atoms with Gasteiger partial charge in [0.25, 0.3) is 0 Å². The zero-order chi connectivity index (χ0) is 9.28. The first kappa shape index (κ1) is 13.1. The van der Waals surface area contributed by atoms with Gasteiger partial charge in [-0.15, -0.1) is 12.8 Å². The van der Waals surface area contributed by atoms with Crippen molar-refractivity contribution in [3.8, 4) is 12.8 Å². The monoisotopic (exact) mass is 156 g/mol. The Hall–Kier alpha value is -0.480. The van der Waals surface area contributed by atoms with Gasteiger partial charge in [-0.05, 0) is 26.7 Å². The smallest absolute Gasteiger partial charge is 0.0548 e. The standard InChI is InChI=1S/C8H18O.C2H2/c1-5-7(3)9-8(4)6-2;1-2/h7-8H,5-6H2,1-4H3;1-2H. The van der Waals surface area contributed by atoms with Gasteiger partial charge in [-0.3, -0.25) is 0 Å². The van der Waals surface area contributed by atoms with Gasteiger partial charge in [0.1, 0.15) is 0 Å². The Kier molecular flexibility index (Phi) is 11.4. The Bertz CT molecular complexity index is 78.1. The van der Waals surface area contributed by atoms with Crippen LogP contribution in [0.3, 0.4) is 0 Å². The SMILES string of the molecule is C#C.CCC(C)OC(C)CC. The average Bonchev–Trinajstić information content (AvgIpc) is 2.07. The van der Waals surface area contributed by atoms with Gasteiger partial charge in [-0.2, -0.15) is 0 Å². The van der Waals surface area contributed by atoms with Crippen LogP contribution in [0.4, 0.5) is 0 Å². The summed E-state index contributed by atoms with van der Waals surface area (Å²) in [5, 5.41) is 0. The average molecular weight is 156 g/mol. The highest BCUT2D eigenvalue weighted by Gasteiger charge is 2.02. The molecule has 0 bridgehead atoms. The Morgan fingerprint density at radius 2 is 1.27 bits per heavy atom. The predicted molar refractivity (Wildman–Crippen MR) is 50.5 cm³/mol. The van der Waals surface area contributed by atoms with Crippen LogP contribution in [0.1, 0.15) is 40.5 Å². The van der Waals surface area contributed by atoms with Crippen molar-refractivity contribution >= 4 is 0 Å². The lowest BCUT2D eigenvalue weighted by Crippen LogP contribution is -2.14. The van der Waals surface area contributed by atoms with Gasteiger partial charge in [0.2, 0.25) is 0 Å². The molecule has 0 aromatic carbocycles. The number of hydrogen-bond donors (Lipinski definition) is 0. The second kappa shape index (κ2) is 9.52. The van der Waals surface area contributed by atoms with Gasteiger partial charge in [-0.1, -0.05) is 13.8 Å². The van der Waals surface area contributed by atoms with Crippen molar-refractivity contribution in [1.82, 2.24) is 0 Å². The summed E-state index contributed by atoms with van der Waals surface area (Å²) in [6.07, 6.45) is 11.1. The third kappa shape index (κ3) is 9.52. The molecule has 0 aliphatic rings. The van der Waals surface area contributed by atoms with E-state index in [4.69, 9.17) is 4.74 Å². The summed E-state index contributed by atoms with van der Waals surface area (Å²) in [5.41, 5.74) is 0. The first-order valence-electron chi connectivity index (χ1n) is 4.19. The fourth-order valence-corrected chi connectivity index (χ4v) is 0.589. The molecule has 2 atom stereocenters. The molecule has 0 aromatic rings. The molecular formula is C10H20O. The fraction of sp³-hybridized carbons (Fsp3) is 0.800. The molecule has 0 aliphatic carbocycles. The maximum atomic E-state index is 5.55. The molecule has 0 spiro atoms. The third-order valence-corrected chi connectivity index (χ3v) is 1.61. The van der Waals surface area contributed by atoms with E-state index >= 15 is 0 Å². The van der Waals surface area contributed by atoms with E-state index in [2.05, 4.69) is 40.5 Å². The molecule has 1 heteroatoms. The van der Waals surface area contributed by atoms with Crippen molar-refractivity contribution in [1.29, 1.82) is 0 Å². The van der Waals surface area contributed by atoms with Crippen molar-refractivity contribution in [2.45, 2.75) is 52.7 Å². The summed E-state index contributed by atoms with van der Waals surface area (Å²) >= 11 is 0. The Morgan fingerprint density at radius 3 is 1.45 bits per heavy atom. The van der Waals surface area contributed by atoms with E-state index in [0.29, 0.717) is 12.2 Å². The van der Waals surface area contributed by atoms with Gasteiger partial charge in [-0.25, -0.2) is 0 Å². The number of rotatable bonds is 4. The van der Waals surface area contributed by atoms with Crippen LogP contribution in [0.25, 0.3) is 0 Å². The van der Waals surface area contributed by atoms with Gasteiger partial charge in [0.05, 0.1) is 12.2 Å². The molecule has 0 aliphatic heterocycles. The topological polar surface area (TPSA) is 9.23 Å². The van der Waals surface area contributed by atoms with Crippen LogP contribution in [0.2, 0.25) is 0 Å². The highest BCUT2D eigenvalue weighted by molar-refractivity contribution is 4.50. The first-order valence-corrected chi connectivity index (χ1v) is 4.19. The van der Waals surface area contributed by atoms with E-state index in [1.807, 2.05) is 0 Å². The second-order valence-electron chi connectivity index (χ2n) is 2.57. The van der Waals surface area contributed by atoms with Crippen LogP contribution >= 0.6 is 0 Å². The summed E-state index contributed by atoms with van der Waals surface area (Å²) in [6.45, 7) is 8.53. The van der Waals surface area contributed by atoms with E-state index in [1.54, 1.807) is 0 Å². The summed E-state index contributed by atoms with van der Waals surface area (Å²) in [5.74, 6) is 0. The van der Waals surface area contributed by atoms with Crippen LogP contribution in [0.15, 0.2) is 0 Å². The van der Waals surface area contributed by atoms with Gasteiger partial charge < -0.3 is 4.74 Å². The number of hydrogen-bond acceptors (Lipinski definition) is 1. The second-order valence-corrected chi connectivity index (χ2v) is 2.57. The van der Waals surface area contributed by atoms with E-state index in [1.165, 1.54) is 0 Å². The molecule has 0 saturated heterocycles. The normalized spacial score (nSPS) is 14.4. The van der Waals surface area contributed by atoms with Crippen molar-refractivity contribution in [2.75, 3.05) is 0 Å². The molecule has 66 valence electrons. The quantitative estimate of drug-likeness (QED) is 0.569. The van der Waals surface area contributed by atoms with Crippen LogP contribution in [-0.2, 0) is 4.74 Å². The van der Waals surface area contributed by atoms with Crippen LogP contribution in [0.5, 0.6) is 0 Å². The lowest BCUT2D eigenvalue weighted by atomic mass is 10.3. The highest BCUT2D eigenvalue weighted by Crippen LogP contribution is 2.03. The van der Waals surface area contributed by atoms with E-state index in [-0.39, 0.29) is 0 Å². The molecular weight excluding hydrogens is 136 g/mol. The molecule has 0 fully saturated rings. The van der Waals surface area contributed by atoms with Crippen molar-refractivity contribution in [3.05, 3.63) is 0 Å². The Balaban J connectivity index is 0. The molecule has 0 aromatic heterocycles. The number of ether oxygens (including phenoxy) is 1. The minimum Gasteiger partial charge on any atom is -0.376 e. The Labute approximate surface area is 71.1 Å². The minimum atomic E-state index is 0.431. The van der Waals surface area contributed by atoms with Crippen molar-refractivity contribution in [2.24, 2.45) is 0 Å². The van der Waals surface area contributed by atoms with Crippen LogP contribution < -0.4 is 0 Å². The molecule has 0 heterocycles. The van der Waals surface area contributed by atoms with Crippen LogP contribution in [-0.4, -0.2) is 12.2 Å². The molecule has 11 heavy (non-hydrogen) atoms. The fourth-order valence-electron chi connectivity index (χ4n) is 0.589. The molecule has 0 radical (unpaired) electrons. The lowest BCUT2D eigenvalue weighted by Gasteiger charge is -2.15.